The summed E-state index contributed by atoms with van der Waals surface area (Å²) in [6.45, 7) is 0. The molecule has 0 saturated heterocycles. The zero-order valence-corrected chi connectivity index (χ0v) is 11.4. The van der Waals surface area contributed by atoms with Crippen molar-refractivity contribution in [2.24, 2.45) is 5.16 Å². The second-order valence-electron chi connectivity index (χ2n) is 5.13. The number of rotatable bonds is 0. The van der Waals surface area contributed by atoms with E-state index in [2.05, 4.69) is 15.8 Å². The number of nitrogens with two attached hydrogens (primary N) is 1. The number of benzene rings is 2. The Morgan fingerprint density at radius 1 is 1.00 bits per heavy atom. The Balaban J connectivity index is 1.97. The maximum atomic E-state index is 12.4. The number of oxime groups is 1. The van der Waals surface area contributed by atoms with E-state index in [1.807, 2.05) is 24.3 Å². The molecular weight excluding hydrogens is 280 g/mol. The van der Waals surface area contributed by atoms with Crippen molar-refractivity contribution < 1.29 is 10.0 Å². The Labute approximate surface area is 125 Å². The van der Waals surface area contributed by atoms with Crippen LogP contribution in [0.5, 0.6) is 0 Å². The molecule has 0 aliphatic carbocycles. The molecule has 0 saturated carbocycles. The number of nitrogen functional groups attached to an aromatic ring is 1. The van der Waals surface area contributed by atoms with Gasteiger partial charge in [-0.3, -0.25) is 4.79 Å². The normalized spacial score (nSPS) is 20.5. The van der Waals surface area contributed by atoms with E-state index in [0.717, 1.165) is 11.3 Å². The summed E-state index contributed by atoms with van der Waals surface area (Å²) >= 11 is 0. The number of carbonyl (C=O) groups is 1. The Morgan fingerprint density at radius 3 is 2.59 bits per heavy atom. The van der Waals surface area contributed by atoms with Crippen molar-refractivity contribution >= 4 is 34.3 Å². The van der Waals surface area contributed by atoms with Gasteiger partial charge in [0.1, 0.15) is 5.71 Å². The smallest absolute Gasteiger partial charge is 0.258 e. The number of fused-ring (bicyclic) bond motifs is 2. The summed E-state index contributed by atoms with van der Waals surface area (Å²) in [6, 6.07) is 12.6. The molecule has 0 aromatic heterocycles. The molecule has 6 nitrogen and oxygen atoms in total. The van der Waals surface area contributed by atoms with E-state index in [1.165, 1.54) is 0 Å². The number of nitrogens with one attached hydrogen (secondary N) is 2. The predicted molar refractivity (Wildman–Crippen MR) is 84.8 cm³/mol. The largest absolute Gasteiger partial charge is 0.410 e. The third-order valence-corrected chi connectivity index (χ3v) is 3.82. The highest BCUT2D eigenvalue weighted by Gasteiger charge is 2.34. The monoisotopic (exact) mass is 292 g/mol. The van der Waals surface area contributed by atoms with Crippen molar-refractivity contribution in [2.45, 2.75) is 0 Å². The van der Waals surface area contributed by atoms with Crippen molar-refractivity contribution in [2.75, 3.05) is 16.4 Å². The first-order valence-corrected chi connectivity index (χ1v) is 6.73. The maximum absolute atomic E-state index is 12.4. The molecule has 108 valence electrons. The van der Waals surface area contributed by atoms with Gasteiger partial charge in [0.15, 0.2) is 0 Å². The molecule has 0 unspecified atom stereocenters. The van der Waals surface area contributed by atoms with Gasteiger partial charge in [0, 0.05) is 28.2 Å². The quantitative estimate of drug-likeness (QED) is 0.259. The molecule has 22 heavy (non-hydrogen) atoms. The predicted octanol–water partition coefficient (Wildman–Crippen LogP) is 2.24. The van der Waals surface area contributed by atoms with Crippen LogP contribution in [0.2, 0.25) is 0 Å². The van der Waals surface area contributed by atoms with Gasteiger partial charge in [0.2, 0.25) is 0 Å². The summed E-state index contributed by atoms with van der Waals surface area (Å²) in [5, 5.41) is 18.7. The Hall–Kier alpha value is -3.28. The number of anilines is 3. The average molecular weight is 292 g/mol. The van der Waals surface area contributed by atoms with Crippen LogP contribution < -0.4 is 16.4 Å². The SMILES string of the molecule is Nc1ccc2c(c1)/C(=C1/Nc3ccccc3/C1=N/O)C(=O)N2. The van der Waals surface area contributed by atoms with Gasteiger partial charge in [-0.15, -0.1) is 0 Å². The van der Waals surface area contributed by atoms with E-state index < -0.39 is 0 Å². The standard InChI is InChI=1S/C16H12N4O2/c17-8-5-6-12-10(7-8)13(16(21)19-12)15-14(20-22)9-3-1-2-4-11(9)18-15/h1-7,18,22H,17H2,(H,19,21)/b15-13-,20-14-. The van der Waals surface area contributed by atoms with Gasteiger partial charge in [-0.05, 0) is 24.3 Å². The zero-order chi connectivity index (χ0) is 15.3. The summed E-state index contributed by atoms with van der Waals surface area (Å²) in [5.74, 6) is -0.253. The van der Waals surface area contributed by atoms with Crippen molar-refractivity contribution in [3.8, 4) is 0 Å². The van der Waals surface area contributed by atoms with Gasteiger partial charge in [-0.2, -0.15) is 0 Å². The number of para-hydroxylation sites is 1. The minimum atomic E-state index is -0.253. The molecule has 2 aromatic rings. The van der Waals surface area contributed by atoms with Crippen LogP contribution in [0, 0.1) is 0 Å². The summed E-state index contributed by atoms with van der Waals surface area (Å²) < 4.78 is 0. The van der Waals surface area contributed by atoms with Crippen molar-refractivity contribution in [1.29, 1.82) is 0 Å². The molecule has 2 aliphatic heterocycles. The average Bonchev–Trinajstić information content (AvgIpc) is 3.03. The fraction of sp³-hybridized carbons (Fsp3) is 0. The molecule has 2 aromatic carbocycles. The lowest BCUT2D eigenvalue weighted by Gasteiger charge is -2.05. The topological polar surface area (TPSA) is 99.7 Å². The van der Waals surface area contributed by atoms with Crippen LogP contribution in [0.4, 0.5) is 17.1 Å². The summed E-state index contributed by atoms with van der Waals surface area (Å²) in [4.78, 5) is 12.4. The van der Waals surface area contributed by atoms with Crippen LogP contribution in [0.25, 0.3) is 5.57 Å². The lowest BCUT2D eigenvalue weighted by molar-refractivity contribution is -0.110. The fourth-order valence-corrected chi connectivity index (χ4v) is 2.84. The molecule has 2 heterocycles. The van der Waals surface area contributed by atoms with Crippen LogP contribution in [-0.4, -0.2) is 16.8 Å². The molecule has 0 fully saturated rings. The minimum absolute atomic E-state index is 0.253. The number of amides is 1. The molecular formula is C16H12N4O2. The highest BCUT2D eigenvalue weighted by atomic mass is 16.4. The molecule has 5 N–H and O–H groups in total. The molecule has 2 aliphatic rings. The summed E-state index contributed by atoms with van der Waals surface area (Å²) in [6.07, 6.45) is 0. The molecule has 0 atom stereocenters. The zero-order valence-electron chi connectivity index (χ0n) is 11.4. The van der Waals surface area contributed by atoms with Crippen molar-refractivity contribution in [1.82, 2.24) is 0 Å². The van der Waals surface area contributed by atoms with Crippen molar-refractivity contribution in [3.63, 3.8) is 0 Å². The van der Waals surface area contributed by atoms with Crippen LogP contribution in [0.15, 0.2) is 53.3 Å². The molecule has 0 radical (unpaired) electrons. The van der Waals surface area contributed by atoms with Crippen LogP contribution >= 0.6 is 0 Å². The molecule has 0 spiro atoms. The van der Waals surface area contributed by atoms with Crippen LogP contribution in [0.3, 0.4) is 0 Å². The fourth-order valence-electron chi connectivity index (χ4n) is 2.84. The number of nitrogens with zero attached hydrogens (tertiary/aromatic N) is 1. The third-order valence-electron chi connectivity index (χ3n) is 3.82. The summed E-state index contributed by atoms with van der Waals surface area (Å²) in [7, 11) is 0. The Bertz CT molecular complexity index is 883. The van der Waals surface area contributed by atoms with Gasteiger partial charge >= 0.3 is 0 Å². The number of carbonyl (C=O) groups excluding carboxylic acids is 1. The van der Waals surface area contributed by atoms with Gasteiger partial charge < -0.3 is 21.6 Å². The van der Waals surface area contributed by atoms with Gasteiger partial charge in [0.25, 0.3) is 5.91 Å². The number of hydrogen-bond donors (Lipinski definition) is 4. The Kier molecular flexibility index (Phi) is 2.47. The second kappa shape index (κ2) is 4.36. The second-order valence-corrected chi connectivity index (χ2v) is 5.13. The number of hydrogen-bond acceptors (Lipinski definition) is 5. The van der Waals surface area contributed by atoms with E-state index in [9.17, 15) is 10.0 Å². The molecule has 1 amide bonds. The Morgan fingerprint density at radius 2 is 1.77 bits per heavy atom. The van der Waals surface area contributed by atoms with Crippen LogP contribution in [0.1, 0.15) is 11.1 Å². The van der Waals surface area contributed by atoms with E-state index in [0.29, 0.717) is 33.9 Å². The van der Waals surface area contributed by atoms with Gasteiger partial charge in [-0.25, -0.2) is 0 Å². The molecule has 4 rings (SSSR count). The first kappa shape index (κ1) is 12.5. The van der Waals surface area contributed by atoms with Crippen LogP contribution in [-0.2, 0) is 4.79 Å². The minimum Gasteiger partial charge on any atom is -0.410 e. The first-order valence-electron chi connectivity index (χ1n) is 6.73. The van der Waals surface area contributed by atoms with Gasteiger partial charge in [-0.1, -0.05) is 23.4 Å². The van der Waals surface area contributed by atoms with Gasteiger partial charge in [0.05, 0.1) is 11.3 Å². The van der Waals surface area contributed by atoms with E-state index in [1.54, 1.807) is 18.2 Å². The molecule has 6 heteroatoms. The highest BCUT2D eigenvalue weighted by molar-refractivity contribution is 6.39. The lowest BCUT2D eigenvalue weighted by Crippen LogP contribution is -2.12. The molecule has 0 bridgehead atoms. The summed E-state index contributed by atoms with van der Waals surface area (Å²) in [5.41, 5.74) is 10.6. The van der Waals surface area contributed by atoms with E-state index in [-0.39, 0.29) is 5.91 Å². The lowest BCUT2D eigenvalue weighted by atomic mass is 10.0. The number of allylic oxidation sites excluding steroid dienone is 1. The highest BCUT2D eigenvalue weighted by Crippen LogP contribution is 2.39. The van der Waals surface area contributed by atoms with E-state index >= 15 is 0 Å². The maximum Gasteiger partial charge on any atom is 0.258 e. The van der Waals surface area contributed by atoms with Crippen molar-refractivity contribution in [3.05, 3.63) is 59.3 Å². The first-order chi connectivity index (χ1) is 10.7. The third kappa shape index (κ3) is 1.61. The van der Waals surface area contributed by atoms with E-state index in [4.69, 9.17) is 5.73 Å².